The molecule has 1 amide bonds. The fraction of sp³-hybridized carbons (Fsp3) is 0.500. The van der Waals surface area contributed by atoms with Gasteiger partial charge in [0.2, 0.25) is 0 Å². The van der Waals surface area contributed by atoms with Gasteiger partial charge in [-0.05, 0) is 62.0 Å². The molecule has 1 aromatic heterocycles. The van der Waals surface area contributed by atoms with Crippen molar-refractivity contribution >= 4 is 41.0 Å². The number of amides is 1. The highest BCUT2D eigenvalue weighted by Crippen LogP contribution is 2.51. The van der Waals surface area contributed by atoms with Crippen molar-refractivity contribution in [1.29, 1.82) is 0 Å². The average Bonchev–Trinajstić information content (AvgIpc) is 3.30. The Bertz CT molecular complexity index is 922. The van der Waals surface area contributed by atoms with Crippen molar-refractivity contribution in [2.45, 2.75) is 37.6 Å². The molecule has 9 heteroatoms. The number of nitrogens with one attached hydrogen (secondary N) is 2. The summed E-state index contributed by atoms with van der Waals surface area (Å²) in [5.41, 5.74) is 7.80. The molecule has 2 fully saturated rings. The highest BCUT2D eigenvalue weighted by Gasteiger charge is 2.44. The third-order valence-electron chi connectivity index (χ3n) is 6.21. The number of aryl methyl sites for hydroxylation is 1. The van der Waals surface area contributed by atoms with Gasteiger partial charge >= 0.3 is 0 Å². The number of nitrogens with two attached hydrogens (primary N) is 1. The largest absolute Gasteiger partial charge is 0.383 e. The zero-order valence-corrected chi connectivity index (χ0v) is 18.0. The Kier molecular flexibility index (Phi) is 5.77. The van der Waals surface area contributed by atoms with Gasteiger partial charge in [-0.3, -0.25) is 14.2 Å². The van der Waals surface area contributed by atoms with Gasteiger partial charge in [0.25, 0.3) is 5.91 Å². The summed E-state index contributed by atoms with van der Waals surface area (Å²) in [4.78, 5) is 13.0. The van der Waals surface area contributed by atoms with Gasteiger partial charge in [0.1, 0.15) is 17.2 Å². The minimum atomic E-state index is -0.530. The fourth-order valence-electron chi connectivity index (χ4n) is 4.95. The van der Waals surface area contributed by atoms with Crippen LogP contribution in [0.3, 0.4) is 0 Å². The van der Waals surface area contributed by atoms with Crippen LogP contribution in [0.2, 0.25) is 5.02 Å². The summed E-state index contributed by atoms with van der Waals surface area (Å²) < 4.78 is 18.4. The zero-order valence-electron chi connectivity index (χ0n) is 16.4. The lowest BCUT2D eigenvalue weighted by molar-refractivity contribution is 0.102. The van der Waals surface area contributed by atoms with Gasteiger partial charge in [0.05, 0.1) is 10.7 Å². The van der Waals surface area contributed by atoms with Crippen LogP contribution in [0.1, 0.15) is 47.7 Å². The summed E-state index contributed by atoms with van der Waals surface area (Å²) in [7, 11) is 1.75. The number of benzene rings is 1. The van der Waals surface area contributed by atoms with E-state index < -0.39 is 5.82 Å². The van der Waals surface area contributed by atoms with E-state index in [9.17, 15) is 9.18 Å². The Hall–Kier alpha value is -1.77. The Morgan fingerprint density at radius 1 is 1.31 bits per heavy atom. The lowest BCUT2D eigenvalue weighted by Crippen LogP contribution is -2.20. The van der Waals surface area contributed by atoms with Crippen molar-refractivity contribution in [3.8, 4) is 0 Å². The van der Waals surface area contributed by atoms with Crippen molar-refractivity contribution in [3.05, 3.63) is 40.3 Å². The lowest BCUT2D eigenvalue weighted by Gasteiger charge is -2.15. The number of hydrogen-bond donors (Lipinski definition) is 3. The summed E-state index contributed by atoms with van der Waals surface area (Å²) in [6.07, 6.45) is 6.44. The first-order valence-corrected chi connectivity index (χ1v) is 11.3. The van der Waals surface area contributed by atoms with Crippen LogP contribution in [0.4, 0.5) is 15.9 Å². The van der Waals surface area contributed by atoms with Gasteiger partial charge in [-0.1, -0.05) is 23.5 Å². The van der Waals surface area contributed by atoms with Crippen molar-refractivity contribution in [2.24, 2.45) is 18.9 Å². The second-order valence-corrected chi connectivity index (χ2v) is 9.08. The van der Waals surface area contributed by atoms with E-state index >= 15 is 0 Å². The van der Waals surface area contributed by atoms with Crippen molar-refractivity contribution in [2.75, 3.05) is 17.3 Å². The molecule has 4 rings (SSSR count). The summed E-state index contributed by atoms with van der Waals surface area (Å²) in [5.74, 6) is 0.996. The highest BCUT2D eigenvalue weighted by molar-refractivity contribution is 7.96. The third-order valence-corrected chi connectivity index (χ3v) is 7.07. The van der Waals surface area contributed by atoms with E-state index in [1.54, 1.807) is 23.7 Å². The van der Waals surface area contributed by atoms with Gasteiger partial charge < -0.3 is 11.1 Å². The molecule has 0 spiro atoms. The first-order valence-electron chi connectivity index (χ1n) is 9.74. The molecule has 2 aromatic rings. The number of fused-ring (bicyclic) bond motifs is 1. The van der Waals surface area contributed by atoms with Crippen LogP contribution >= 0.6 is 23.5 Å². The summed E-state index contributed by atoms with van der Waals surface area (Å²) in [6.45, 7) is 0. The number of carbonyl (C=O) groups is 1. The number of rotatable bonds is 5. The Morgan fingerprint density at radius 2 is 2.00 bits per heavy atom. The number of halogens is 2. The number of carbonyl (C=O) groups excluding carboxylic acids is 1. The highest BCUT2D eigenvalue weighted by atomic mass is 35.5. The maximum atomic E-state index is 13.4. The van der Waals surface area contributed by atoms with Crippen molar-refractivity contribution in [1.82, 2.24) is 14.5 Å². The SMILES string of the molecule is CSNC1CC2CC(c3nn(C)c(N)c3C(=O)Nc3ccc(F)c(Cl)c3)CC2C1. The van der Waals surface area contributed by atoms with E-state index in [4.69, 9.17) is 17.3 Å². The second kappa shape index (κ2) is 8.16. The fourth-order valence-corrected chi connectivity index (χ4v) is 5.65. The molecule has 0 saturated heterocycles. The topological polar surface area (TPSA) is 85.0 Å². The number of hydrogen-bond acceptors (Lipinski definition) is 5. The van der Waals surface area contributed by atoms with Crippen LogP contribution in [0.5, 0.6) is 0 Å². The Morgan fingerprint density at radius 3 is 2.62 bits per heavy atom. The Balaban J connectivity index is 1.53. The monoisotopic (exact) mass is 437 g/mol. The van der Waals surface area contributed by atoms with Gasteiger partial charge in [-0.2, -0.15) is 5.10 Å². The van der Waals surface area contributed by atoms with Crippen molar-refractivity contribution in [3.63, 3.8) is 0 Å². The first kappa shape index (κ1) is 20.5. The van der Waals surface area contributed by atoms with Crippen LogP contribution in [0.15, 0.2) is 18.2 Å². The molecule has 0 aliphatic heterocycles. The molecule has 6 nitrogen and oxygen atoms in total. The minimum Gasteiger partial charge on any atom is -0.383 e. The average molecular weight is 438 g/mol. The molecule has 2 aliphatic carbocycles. The standard InChI is InChI=1S/C20H25ClFN5OS/c1-27-19(23)17(20(28)24-13-3-4-16(22)15(21)9-13)18(25-27)12-5-10-7-14(26-29-2)8-11(10)6-12/h3-4,9-12,14,26H,5-8,23H2,1-2H3,(H,24,28). The van der Waals surface area contributed by atoms with Crippen molar-refractivity contribution < 1.29 is 9.18 Å². The van der Waals surface area contributed by atoms with E-state index in [-0.39, 0.29) is 16.8 Å². The molecular weight excluding hydrogens is 413 g/mol. The molecule has 1 aromatic carbocycles. The van der Waals surface area contributed by atoms with Gasteiger partial charge in [-0.25, -0.2) is 4.39 Å². The van der Waals surface area contributed by atoms with E-state index in [0.29, 0.717) is 34.9 Å². The number of nitrogens with zero attached hydrogens (tertiary/aromatic N) is 2. The van der Waals surface area contributed by atoms with Crippen LogP contribution in [0, 0.1) is 17.7 Å². The molecule has 2 unspecified atom stereocenters. The molecular formula is C20H25ClFN5OS. The molecule has 0 bridgehead atoms. The minimum absolute atomic E-state index is 0.0424. The third kappa shape index (κ3) is 3.98. The van der Waals surface area contributed by atoms with E-state index in [1.165, 1.54) is 31.0 Å². The maximum absolute atomic E-state index is 13.4. The lowest BCUT2D eigenvalue weighted by atomic mass is 9.95. The Labute approximate surface area is 178 Å². The summed E-state index contributed by atoms with van der Waals surface area (Å²) >= 11 is 7.51. The normalized spacial score (nSPS) is 25.9. The molecule has 0 radical (unpaired) electrons. The van der Waals surface area contributed by atoms with E-state index in [2.05, 4.69) is 21.4 Å². The van der Waals surface area contributed by atoms with E-state index in [1.807, 2.05) is 0 Å². The quantitative estimate of drug-likeness (QED) is 0.611. The predicted molar refractivity (Wildman–Crippen MR) is 116 cm³/mol. The first-order chi connectivity index (χ1) is 13.9. The van der Waals surface area contributed by atoms with E-state index in [0.717, 1.165) is 18.5 Å². The summed E-state index contributed by atoms with van der Waals surface area (Å²) in [5, 5.41) is 7.33. The maximum Gasteiger partial charge on any atom is 0.261 e. The molecule has 2 saturated carbocycles. The molecule has 4 N–H and O–H groups in total. The van der Waals surface area contributed by atoms with Crippen LogP contribution in [0.25, 0.3) is 0 Å². The van der Waals surface area contributed by atoms with Gasteiger partial charge in [-0.15, -0.1) is 0 Å². The van der Waals surface area contributed by atoms with Crippen LogP contribution < -0.4 is 15.8 Å². The van der Waals surface area contributed by atoms with Crippen LogP contribution in [-0.4, -0.2) is 28.0 Å². The number of anilines is 2. The molecule has 1 heterocycles. The molecule has 2 atom stereocenters. The van der Waals surface area contributed by atoms with Gasteiger partial charge in [0, 0.05) is 24.7 Å². The predicted octanol–water partition coefficient (Wildman–Crippen LogP) is 4.19. The zero-order chi connectivity index (χ0) is 20.7. The number of aromatic nitrogens is 2. The van der Waals surface area contributed by atoms with Gasteiger partial charge in [0.15, 0.2) is 0 Å². The molecule has 156 valence electrons. The summed E-state index contributed by atoms with van der Waals surface area (Å²) in [6, 6.07) is 4.66. The number of nitrogen functional groups attached to an aromatic ring is 1. The molecule has 29 heavy (non-hydrogen) atoms. The van der Waals surface area contributed by atoms with Crippen LogP contribution in [-0.2, 0) is 7.05 Å². The molecule has 2 aliphatic rings. The smallest absolute Gasteiger partial charge is 0.261 e. The second-order valence-electron chi connectivity index (χ2n) is 8.03.